The van der Waals surface area contributed by atoms with Gasteiger partial charge in [-0.3, -0.25) is 33.8 Å². The Morgan fingerprint density at radius 1 is 0.573 bits per heavy atom. The van der Waals surface area contributed by atoms with Crippen LogP contribution in [0.1, 0.15) is 69.7 Å². The van der Waals surface area contributed by atoms with Gasteiger partial charge in [0.25, 0.3) is 0 Å². The van der Waals surface area contributed by atoms with Gasteiger partial charge in [-0.15, -0.1) is 0 Å². The fourth-order valence-corrected chi connectivity index (χ4v) is 10.5. The van der Waals surface area contributed by atoms with E-state index in [1.54, 1.807) is 19.1 Å². The van der Waals surface area contributed by atoms with Crippen LogP contribution in [0.5, 0.6) is 0 Å². The topological polar surface area (TPSA) is 256 Å². The minimum absolute atomic E-state index is 0. The second kappa shape index (κ2) is 41.7. The molecule has 0 aromatic carbocycles. The predicted octanol–water partition coefficient (Wildman–Crippen LogP) is -3.04. The molecule has 8 fully saturated rings. The SMILES string of the molecule is C.C1CN2CCN3CCN1C23.C1CNCCNCCN1.CC(C)(C)OC(=O)NCCBr.CC(C)(C)OC(=O)NCCN1CCNCCN(C=O)CC1.CC(C)(C)OC(=O)NCC[N+]12CCN3CCN(CC1)C32.COC(OC)N(C)C.O.[Br-]. The molecule has 0 unspecified atom stereocenters. The molecule has 0 atom stereocenters. The molecule has 0 aliphatic carbocycles. The Balaban J connectivity index is 0.000000992. The Hall–Kier alpha value is -2.36. The number of hydrogen-bond donors (Lipinski definition) is 7. The number of nitrogens with zero attached hydrogens (tertiary/aromatic N) is 9. The number of carbonyl (C=O) groups excluding carboxylic acids is 4. The minimum Gasteiger partial charge on any atom is -1.00 e. The molecule has 26 nitrogen and oxygen atoms in total. The number of alkyl carbamates (subject to hydrolysis) is 3. The van der Waals surface area contributed by atoms with Crippen LogP contribution in [-0.2, 0) is 28.5 Å². The van der Waals surface area contributed by atoms with Gasteiger partial charge in [-0.25, -0.2) is 24.2 Å². The van der Waals surface area contributed by atoms with Gasteiger partial charge in [0, 0.05) is 170 Å². The van der Waals surface area contributed by atoms with Crippen molar-refractivity contribution in [2.24, 2.45) is 0 Å². The zero-order chi connectivity index (χ0) is 58.5. The summed E-state index contributed by atoms with van der Waals surface area (Å²) in [6, 6.07) is 0. The second-order valence-electron chi connectivity index (χ2n) is 24.0. The summed E-state index contributed by atoms with van der Waals surface area (Å²) in [4.78, 5) is 63.8. The first kappa shape index (κ1) is 79.6. The van der Waals surface area contributed by atoms with Crippen molar-refractivity contribution in [2.45, 2.75) is 106 Å². The zero-order valence-corrected chi connectivity index (χ0v) is 55.1. The third-order valence-electron chi connectivity index (χ3n) is 13.9. The molecule has 486 valence electrons. The molecule has 4 amide bonds. The second-order valence-corrected chi connectivity index (χ2v) is 24.8. The van der Waals surface area contributed by atoms with E-state index in [2.05, 4.69) is 82.5 Å². The molecule has 82 heavy (non-hydrogen) atoms. The minimum atomic E-state index is -0.475. The number of methoxy groups -OCH3 is 2. The fraction of sp³-hybridized carbons (Fsp3) is 0.926. The average molecular weight is 1310 g/mol. The largest absolute Gasteiger partial charge is 1.00 e. The van der Waals surface area contributed by atoms with Gasteiger partial charge in [-0.05, 0) is 76.4 Å². The van der Waals surface area contributed by atoms with Gasteiger partial charge < -0.3 is 88.3 Å². The quantitative estimate of drug-likeness (QED) is 0.0337. The van der Waals surface area contributed by atoms with Crippen LogP contribution in [0.25, 0.3) is 0 Å². The summed E-state index contributed by atoms with van der Waals surface area (Å²) in [5, 5.41) is 22.2. The number of rotatable bonds is 12. The van der Waals surface area contributed by atoms with Gasteiger partial charge in [0.15, 0.2) is 0 Å². The molecule has 8 rings (SSSR count). The van der Waals surface area contributed by atoms with E-state index in [-0.39, 0.29) is 54.6 Å². The third kappa shape index (κ3) is 31.9. The van der Waals surface area contributed by atoms with E-state index in [1.165, 1.54) is 78.5 Å². The van der Waals surface area contributed by atoms with E-state index in [1.807, 2.05) is 81.3 Å². The Kier molecular flexibility index (Phi) is 40.5. The zero-order valence-electron chi connectivity index (χ0n) is 52.0. The van der Waals surface area contributed by atoms with Gasteiger partial charge >= 0.3 is 18.3 Å². The van der Waals surface area contributed by atoms with Crippen molar-refractivity contribution in [3.05, 3.63) is 0 Å². The predicted molar refractivity (Wildman–Crippen MR) is 324 cm³/mol. The number of carbonyl (C=O) groups is 4. The van der Waals surface area contributed by atoms with Crippen molar-refractivity contribution in [3.8, 4) is 0 Å². The van der Waals surface area contributed by atoms with Crippen LogP contribution in [0.4, 0.5) is 14.4 Å². The molecule has 8 aliphatic rings. The number of amides is 4. The number of ether oxygens (including phenoxy) is 5. The summed E-state index contributed by atoms with van der Waals surface area (Å²) in [6.07, 6.45) is 0.931. The van der Waals surface area contributed by atoms with E-state index in [0.717, 1.165) is 114 Å². The highest BCUT2D eigenvalue weighted by molar-refractivity contribution is 9.09. The summed E-state index contributed by atoms with van der Waals surface area (Å²) in [5.41, 5.74) is -1.30. The third-order valence-corrected chi connectivity index (χ3v) is 14.3. The van der Waals surface area contributed by atoms with Crippen LogP contribution in [0.3, 0.4) is 0 Å². The Bertz CT molecular complexity index is 1630. The average Bonchev–Trinajstić information content (AvgIpc) is 4.22. The molecule has 0 aromatic heterocycles. The van der Waals surface area contributed by atoms with Crippen molar-refractivity contribution >= 4 is 40.6 Å². The van der Waals surface area contributed by atoms with E-state index in [4.69, 9.17) is 23.7 Å². The van der Waals surface area contributed by atoms with Crippen LogP contribution in [-0.4, -0.2) is 333 Å². The lowest BCUT2D eigenvalue weighted by atomic mass is 10.2. The fourth-order valence-electron chi connectivity index (χ4n) is 10.3. The van der Waals surface area contributed by atoms with Crippen molar-refractivity contribution in [2.75, 3.05) is 223 Å². The lowest BCUT2D eigenvalue weighted by molar-refractivity contribution is -0.935. The van der Waals surface area contributed by atoms with E-state index < -0.39 is 16.8 Å². The Labute approximate surface area is 513 Å². The first-order valence-electron chi connectivity index (χ1n) is 28.9. The summed E-state index contributed by atoms with van der Waals surface area (Å²) in [6.45, 7) is 46.9. The smallest absolute Gasteiger partial charge is 0.407 e. The summed E-state index contributed by atoms with van der Waals surface area (Å²) in [5.74, 6) is 0. The van der Waals surface area contributed by atoms with Gasteiger partial charge in [0.2, 0.25) is 19.1 Å². The van der Waals surface area contributed by atoms with E-state index in [9.17, 15) is 19.2 Å². The van der Waals surface area contributed by atoms with Crippen molar-refractivity contribution in [3.63, 3.8) is 0 Å². The molecule has 8 heterocycles. The van der Waals surface area contributed by atoms with E-state index in [0.29, 0.717) is 25.9 Å². The molecule has 0 aromatic rings. The number of alkyl halides is 1. The van der Waals surface area contributed by atoms with Gasteiger partial charge in [0.1, 0.15) is 23.1 Å². The van der Waals surface area contributed by atoms with Crippen molar-refractivity contribution < 1.29 is 69.8 Å². The van der Waals surface area contributed by atoms with E-state index >= 15 is 0 Å². The Morgan fingerprint density at radius 2 is 0.951 bits per heavy atom. The van der Waals surface area contributed by atoms with Crippen molar-refractivity contribution in [1.29, 1.82) is 0 Å². The first-order chi connectivity index (χ1) is 37.4. The lowest BCUT2D eigenvalue weighted by Crippen LogP contribution is -3.00. The van der Waals surface area contributed by atoms with Crippen LogP contribution >= 0.6 is 15.9 Å². The highest BCUT2D eigenvalue weighted by atomic mass is 79.9. The molecular weight excluding hydrogens is 1190 g/mol. The maximum absolute atomic E-state index is 11.7. The summed E-state index contributed by atoms with van der Waals surface area (Å²) >= 11 is 3.19. The molecule has 8 aliphatic heterocycles. The summed E-state index contributed by atoms with van der Waals surface area (Å²) < 4.78 is 26.3. The van der Waals surface area contributed by atoms with Crippen LogP contribution < -0.4 is 54.2 Å². The summed E-state index contributed by atoms with van der Waals surface area (Å²) in [7, 11) is 6.98. The van der Waals surface area contributed by atoms with Gasteiger partial charge in [0.05, 0.1) is 39.3 Å². The monoisotopic (exact) mass is 1310 g/mol. The molecule has 8 saturated heterocycles. The van der Waals surface area contributed by atoms with Gasteiger partial charge in [-0.2, -0.15) is 0 Å². The number of nitrogens with one attached hydrogen (secondary N) is 7. The molecule has 0 spiro atoms. The maximum atomic E-state index is 11.7. The normalized spacial score (nSPS) is 22.4. The molecule has 0 radical (unpaired) electrons. The Morgan fingerprint density at radius 3 is 1.32 bits per heavy atom. The highest BCUT2D eigenvalue weighted by Gasteiger charge is 2.57. The maximum Gasteiger partial charge on any atom is 0.407 e. The van der Waals surface area contributed by atoms with Crippen LogP contribution in [0, 0.1) is 0 Å². The molecule has 9 N–H and O–H groups in total. The highest BCUT2D eigenvalue weighted by Crippen LogP contribution is 2.35. The number of halogens is 2. The molecule has 0 saturated carbocycles. The lowest BCUT2D eigenvalue weighted by Gasteiger charge is -2.34. The van der Waals surface area contributed by atoms with Crippen LogP contribution in [0.15, 0.2) is 0 Å². The molecule has 0 bridgehead atoms. The van der Waals surface area contributed by atoms with Gasteiger partial charge in [-0.1, -0.05) is 23.4 Å². The first-order valence-corrected chi connectivity index (χ1v) is 30.0. The number of quaternary nitrogens is 1. The van der Waals surface area contributed by atoms with Crippen LogP contribution in [0.2, 0.25) is 0 Å². The standard InChI is InChI=1S/C14H28N4O3.C14H26N4O2.C7H14BrNO2.C7H13N3.C6H15N3.C5H13NO2.CH4.BrH.H2O/c1-14(2,3)21-13(20)16-6-9-17-7-4-15-5-8-18(12-19)11-10-17;1-14(2,3)20-12(19)15-4-9-18-10-7-16-5-6-17(8-11-18)13(16)18;1-7(2,3)11-6(10)9-5-4-8;1-2-9-5-6-10-4-3-8(1)7(9)10;1-2-8-5-6-9-4-3-7-1;1-6(2)5(7-3)8-4;;;/h12,15H,4-11H2,1-3H3,(H,16,20);13H,4-11H2,1-3H3;4-5H2,1-3H3,(H,9,10);7H,1-6H2;7-9H,1-6H2;5H,1-4H3;1H4;1H;1H2. The number of hydrogen-bond acceptors (Lipinski definition) is 20. The molecular formula is C54H116Br2N16O10. The van der Waals surface area contributed by atoms with Crippen molar-refractivity contribution in [1.82, 2.24) is 76.4 Å². The molecule has 28 heteroatoms.